The molecule has 0 saturated heterocycles. The van der Waals surface area contributed by atoms with E-state index in [2.05, 4.69) is 31.9 Å². The van der Waals surface area contributed by atoms with Gasteiger partial charge in [-0.05, 0) is 25.7 Å². The van der Waals surface area contributed by atoms with Crippen molar-refractivity contribution in [2.75, 3.05) is 23.9 Å². The number of carbonyl (C=O) groups excluding carboxylic acids is 2. The molecule has 0 heterocycles. The van der Waals surface area contributed by atoms with Crippen LogP contribution in [-0.4, -0.2) is 35.8 Å². The molecule has 0 amide bonds. The van der Waals surface area contributed by atoms with Crippen molar-refractivity contribution in [1.82, 2.24) is 0 Å². The van der Waals surface area contributed by atoms with Crippen LogP contribution in [0, 0.1) is 0 Å². The molecule has 0 aromatic heterocycles. The molecule has 6 heteroatoms. The molecular formula is C15H26Br2O4. The Kier molecular flexibility index (Phi) is 16.2. The molecule has 0 aliphatic heterocycles. The molecule has 0 aliphatic carbocycles. The lowest BCUT2D eigenvalue weighted by atomic mass is 10.1. The van der Waals surface area contributed by atoms with Crippen molar-refractivity contribution in [3.8, 4) is 0 Å². The molecule has 124 valence electrons. The fourth-order valence-electron chi connectivity index (χ4n) is 1.67. The number of esters is 2. The van der Waals surface area contributed by atoms with E-state index in [0.717, 1.165) is 55.6 Å². The van der Waals surface area contributed by atoms with Crippen LogP contribution in [-0.2, 0) is 19.1 Å². The summed E-state index contributed by atoms with van der Waals surface area (Å²) in [7, 11) is 0. The van der Waals surface area contributed by atoms with Crippen molar-refractivity contribution in [2.24, 2.45) is 0 Å². The molecular weight excluding hydrogens is 404 g/mol. The maximum absolute atomic E-state index is 11.2. The van der Waals surface area contributed by atoms with Crippen LogP contribution in [0.4, 0.5) is 0 Å². The molecule has 0 N–H and O–H groups in total. The van der Waals surface area contributed by atoms with Gasteiger partial charge in [0.1, 0.15) is 0 Å². The Morgan fingerprint density at radius 3 is 1.38 bits per heavy atom. The number of carbonyl (C=O) groups is 2. The normalized spacial score (nSPS) is 10.4. The zero-order chi connectivity index (χ0) is 15.8. The van der Waals surface area contributed by atoms with Gasteiger partial charge >= 0.3 is 11.9 Å². The number of alkyl halides is 2. The van der Waals surface area contributed by atoms with Crippen LogP contribution in [0.1, 0.15) is 57.8 Å². The summed E-state index contributed by atoms with van der Waals surface area (Å²) in [4.78, 5) is 22.4. The Morgan fingerprint density at radius 2 is 1.00 bits per heavy atom. The third kappa shape index (κ3) is 16.1. The lowest BCUT2D eigenvalue weighted by Crippen LogP contribution is -2.06. The SMILES string of the molecule is O=C(CCCBr)OCCCCCCCOC(=O)CCCBr. The molecule has 4 nitrogen and oxygen atoms in total. The lowest BCUT2D eigenvalue weighted by Gasteiger charge is -2.05. The second-order valence-corrected chi connectivity index (χ2v) is 6.38. The summed E-state index contributed by atoms with van der Waals surface area (Å²) in [5.74, 6) is -0.213. The van der Waals surface area contributed by atoms with Crippen molar-refractivity contribution in [1.29, 1.82) is 0 Å². The highest BCUT2D eigenvalue weighted by Crippen LogP contribution is 2.05. The maximum atomic E-state index is 11.2. The molecule has 0 aromatic rings. The average Bonchev–Trinajstić information content (AvgIpc) is 2.49. The predicted octanol–water partition coefficient (Wildman–Crippen LogP) is 4.37. The van der Waals surface area contributed by atoms with Gasteiger partial charge < -0.3 is 9.47 Å². The number of hydrogen-bond acceptors (Lipinski definition) is 4. The summed E-state index contributed by atoms with van der Waals surface area (Å²) >= 11 is 6.56. The van der Waals surface area contributed by atoms with Gasteiger partial charge in [-0.2, -0.15) is 0 Å². The van der Waals surface area contributed by atoms with E-state index in [9.17, 15) is 9.59 Å². The van der Waals surface area contributed by atoms with E-state index < -0.39 is 0 Å². The Morgan fingerprint density at radius 1 is 0.619 bits per heavy atom. The van der Waals surface area contributed by atoms with Crippen LogP contribution >= 0.6 is 31.9 Å². The standard InChI is InChI=1S/C15H26Br2O4/c16-10-6-8-14(18)20-12-4-2-1-3-5-13-21-15(19)9-7-11-17/h1-13H2. The smallest absolute Gasteiger partial charge is 0.305 e. The quantitative estimate of drug-likeness (QED) is 0.233. The number of unbranched alkanes of at least 4 members (excludes halogenated alkanes) is 4. The first-order valence-electron chi connectivity index (χ1n) is 7.64. The predicted molar refractivity (Wildman–Crippen MR) is 91.1 cm³/mol. The largest absolute Gasteiger partial charge is 0.466 e. The fourth-order valence-corrected chi connectivity index (χ4v) is 2.23. The number of rotatable bonds is 14. The minimum Gasteiger partial charge on any atom is -0.466 e. The molecule has 0 radical (unpaired) electrons. The van der Waals surface area contributed by atoms with Crippen LogP contribution in [0.15, 0.2) is 0 Å². The Balaban J connectivity index is 3.19. The third-order valence-corrected chi connectivity index (χ3v) is 3.97. The van der Waals surface area contributed by atoms with Gasteiger partial charge in [-0.15, -0.1) is 0 Å². The van der Waals surface area contributed by atoms with Crippen molar-refractivity contribution in [2.45, 2.75) is 57.8 Å². The summed E-state index contributed by atoms with van der Waals surface area (Å²) in [6.07, 6.45) is 7.62. The zero-order valence-corrected chi connectivity index (χ0v) is 15.8. The van der Waals surface area contributed by atoms with Gasteiger partial charge in [-0.3, -0.25) is 9.59 Å². The topological polar surface area (TPSA) is 52.6 Å². The second kappa shape index (κ2) is 16.3. The van der Waals surface area contributed by atoms with Crippen LogP contribution in [0.3, 0.4) is 0 Å². The average molecular weight is 430 g/mol. The minimum absolute atomic E-state index is 0.107. The van der Waals surface area contributed by atoms with Crippen molar-refractivity contribution < 1.29 is 19.1 Å². The fraction of sp³-hybridized carbons (Fsp3) is 0.867. The molecule has 0 unspecified atom stereocenters. The Hall–Kier alpha value is -0.100. The molecule has 0 fully saturated rings. The van der Waals surface area contributed by atoms with Gasteiger partial charge in [0.25, 0.3) is 0 Å². The number of halogens is 2. The van der Waals surface area contributed by atoms with Gasteiger partial charge in [0.15, 0.2) is 0 Å². The van der Waals surface area contributed by atoms with Crippen LogP contribution in [0.2, 0.25) is 0 Å². The van der Waals surface area contributed by atoms with Crippen molar-refractivity contribution >= 4 is 43.8 Å². The first-order chi connectivity index (χ1) is 10.2. The molecule has 0 bridgehead atoms. The zero-order valence-electron chi connectivity index (χ0n) is 12.6. The highest BCUT2D eigenvalue weighted by atomic mass is 79.9. The highest BCUT2D eigenvalue weighted by Gasteiger charge is 2.02. The molecule has 0 atom stereocenters. The summed E-state index contributed by atoms with van der Waals surface area (Å²) in [6, 6.07) is 0. The second-order valence-electron chi connectivity index (χ2n) is 4.79. The molecule has 0 aromatic carbocycles. The molecule has 0 rings (SSSR count). The number of hydrogen-bond donors (Lipinski definition) is 0. The van der Waals surface area contributed by atoms with Crippen LogP contribution in [0.5, 0.6) is 0 Å². The van der Waals surface area contributed by atoms with Gasteiger partial charge in [0.2, 0.25) is 0 Å². The minimum atomic E-state index is -0.107. The van der Waals surface area contributed by atoms with Gasteiger partial charge in [0, 0.05) is 23.5 Å². The summed E-state index contributed by atoms with van der Waals surface area (Å²) in [5.41, 5.74) is 0. The molecule has 0 saturated carbocycles. The van der Waals surface area contributed by atoms with Crippen molar-refractivity contribution in [3.05, 3.63) is 0 Å². The monoisotopic (exact) mass is 428 g/mol. The van der Waals surface area contributed by atoms with Gasteiger partial charge in [0.05, 0.1) is 13.2 Å². The molecule has 21 heavy (non-hydrogen) atoms. The van der Waals surface area contributed by atoms with E-state index >= 15 is 0 Å². The van der Waals surface area contributed by atoms with Crippen LogP contribution < -0.4 is 0 Å². The van der Waals surface area contributed by atoms with Crippen LogP contribution in [0.25, 0.3) is 0 Å². The van der Waals surface area contributed by atoms with Gasteiger partial charge in [-0.25, -0.2) is 0 Å². The Labute approximate surface area is 144 Å². The third-order valence-electron chi connectivity index (χ3n) is 2.84. The van der Waals surface area contributed by atoms with E-state index in [1.165, 1.54) is 0 Å². The van der Waals surface area contributed by atoms with Crippen molar-refractivity contribution in [3.63, 3.8) is 0 Å². The maximum Gasteiger partial charge on any atom is 0.305 e. The van der Waals surface area contributed by atoms with E-state index in [1.54, 1.807) is 0 Å². The van der Waals surface area contributed by atoms with Gasteiger partial charge in [-0.1, -0.05) is 51.1 Å². The first kappa shape index (κ1) is 20.9. The van der Waals surface area contributed by atoms with E-state index in [4.69, 9.17) is 9.47 Å². The van der Waals surface area contributed by atoms with E-state index in [1.807, 2.05) is 0 Å². The summed E-state index contributed by atoms with van der Waals surface area (Å²) in [6.45, 7) is 1.03. The molecule has 0 aliphatic rings. The first-order valence-corrected chi connectivity index (χ1v) is 9.88. The number of ether oxygens (including phenoxy) is 2. The van der Waals surface area contributed by atoms with E-state index in [0.29, 0.717) is 26.1 Å². The molecule has 0 spiro atoms. The lowest BCUT2D eigenvalue weighted by molar-refractivity contribution is -0.144. The van der Waals surface area contributed by atoms with E-state index in [-0.39, 0.29) is 11.9 Å². The Bertz CT molecular complexity index is 246. The highest BCUT2D eigenvalue weighted by molar-refractivity contribution is 9.09. The summed E-state index contributed by atoms with van der Waals surface area (Å²) in [5, 5.41) is 1.67. The summed E-state index contributed by atoms with van der Waals surface area (Å²) < 4.78 is 10.2.